The molecule has 7 nitrogen and oxygen atoms in total. The van der Waals surface area contributed by atoms with Gasteiger partial charge in [-0.3, -0.25) is 14.5 Å². The van der Waals surface area contributed by atoms with Crippen LogP contribution in [-0.4, -0.2) is 51.6 Å². The average Bonchev–Trinajstić information content (AvgIpc) is 2.96. The molecule has 8 heteroatoms. The van der Waals surface area contributed by atoms with E-state index in [1.165, 1.54) is 5.56 Å². The van der Waals surface area contributed by atoms with Crippen molar-refractivity contribution in [1.29, 1.82) is 0 Å². The van der Waals surface area contributed by atoms with Crippen molar-refractivity contribution in [1.82, 2.24) is 10.2 Å². The first kappa shape index (κ1) is 21.1. The van der Waals surface area contributed by atoms with Crippen molar-refractivity contribution in [2.75, 3.05) is 13.1 Å². The normalized spacial score (nSPS) is 18.6. The Bertz CT molecular complexity index is 697. The van der Waals surface area contributed by atoms with E-state index in [0.717, 1.165) is 49.8 Å². The second-order valence-corrected chi connectivity index (χ2v) is 7.55. The average molecular weight is 391 g/mol. The molecule has 1 aromatic carbocycles. The molecule has 1 aromatic rings. The molecule has 1 amide bonds. The molecule has 1 fully saturated rings. The summed E-state index contributed by atoms with van der Waals surface area (Å²) in [4.78, 5) is 24.8. The lowest BCUT2D eigenvalue weighted by atomic mass is 10.1. The molecular formula is C19H26N4O3S. The van der Waals surface area contributed by atoms with Crippen LogP contribution in [0.2, 0.25) is 0 Å². The fraction of sp³-hybridized carbons (Fsp3) is 0.474. The Morgan fingerprint density at radius 2 is 1.93 bits per heavy atom. The van der Waals surface area contributed by atoms with Gasteiger partial charge >= 0.3 is 5.97 Å². The highest BCUT2D eigenvalue weighted by molar-refractivity contribution is 8.15. The monoisotopic (exact) mass is 390 g/mol. The van der Waals surface area contributed by atoms with E-state index < -0.39 is 11.2 Å². The molecule has 1 aliphatic rings. The summed E-state index contributed by atoms with van der Waals surface area (Å²) in [5.41, 5.74) is 2.17. The zero-order chi connectivity index (χ0) is 19.6. The number of nitrogens with one attached hydrogen (secondary N) is 1. The molecule has 1 heterocycles. The summed E-state index contributed by atoms with van der Waals surface area (Å²) in [7, 11) is 0. The summed E-state index contributed by atoms with van der Waals surface area (Å²) in [6.07, 6.45) is 3.68. The fourth-order valence-electron chi connectivity index (χ4n) is 2.76. The van der Waals surface area contributed by atoms with E-state index in [4.69, 9.17) is 5.11 Å². The van der Waals surface area contributed by atoms with Gasteiger partial charge in [0.05, 0.1) is 12.6 Å². The molecule has 2 rings (SSSR count). The number of amidine groups is 1. The van der Waals surface area contributed by atoms with Crippen LogP contribution < -0.4 is 5.32 Å². The van der Waals surface area contributed by atoms with Gasteiger partial charge in [-0.1, -0.05) is 49.9 Å². The van der Waals surface area contributed by atoms with Crippen molar-refractivity contribution >= 4 is 35.0 Å². The summed E-state index contributed by atoms with van der Waals surface area (Å²) >= 11 is 1.09. The Morgan fingerprint density at radius 3 is 2.52 bits per heavy atom. The van der Waals surface area contributed by atoms with Crippen LogP contribution in [0.1, 0.15) is 44.2 Å². The van der Waals surface area contributed by atoms with Gasteiger partial charge in [0.15, 0.2) is 5.17 Å². The summed E-state index contributed by atoms with van der Waals surface area (Å²) < 4.78 is 0. The van der Waals surface area contributed by atoms with Crippen molar-refractivity contribution in [2.24, 2.45) is 10.2 Å². The molecule has 27 heavy (non-hydrogen) atoms. The first-order valence-corrected chi connectivity index (χ1v) is 10.0. The second kappa shape index (κ2) is 10.8. The van der Waals surface area contributed by atoms with Crippen LogP contribution in [-0.2, 0) is 16.1 Å². The van der Waals surface area contributed by atoms with E-state index in [9.17, 15) is 9.59 Å². The number of carboxylic acids is 1. The maximum absolute atomic E-state index is 11.6. The highest BCUT2D eigenvalue weighted by Crippen LogP contribution is 2.22. The standard InChI is InChI=1S/C19H26N4O3S/c1-3-9-23(10-4-2)13-15-7-5-14(6-8-15)12-20-22-19-21-18(26)16(27-19)11-17(24)25/h5-8,12,16H,3-4,9-11,13H2,1-2H3,(H,24,25)(H,21,22,26). The summed E-state index contributed by atoms with van der Waals surface area (Å²) in [5, 5.41) is 18.9. The van der Waals surface area contributed by atoms with E-state index in [1.807, 2.05) is 12.1 Å². The largest absolute Gasteiger partial charge is 0.481 e. The second-order valence-electron chi connectivity index (χ2n) is 6.36. The van der Waals surface area contributed by atoms with E-state index in [0.29, 0.717) is 5.17 Å². The van der Waals surface area contributed by atoms with Crippen LogP contribution in [0.3, 0.4) is 0 Å². The molecule has 2 N–H and O–H groups in total. The maximum Gasteiger partial charge on any atom is 0.305 e. The molecule has 0 aliphatic carbocycles. The van der Waals surface area contributed by atoms with Gasteiger partial charge in [0.1, 0.15) is 5.25 Å². The van der Waals surface area contributed by atoms with E-state index >= 15 is 0 Å². The van der Waals surface area contributed by atoms with Gasteiger partial charge < -0.3 is 10.4 Å². The minimum Gasteiger partial charge on any atom is -0.481 e. The number of thioether (sulfide) groups is 1. The van der Waals surface area contributed by atoms with Crippen molar-refractivity contribution in [3.05, 3.63) is 35.4 Å². The van der Waals surface area contributed by atoms with Gasteiger partial charge in [-0.25, -0.2) is 0 Å². The molecule has 0 saturated carbocycles. The Kier molecular flexibility index (Phi) is 8.47. The van der Waals surface area contributed by atoms with Crippen molar-refractivity contribution in [3.8, 4) is 0 Å². The third-order valence-electron chi connectivity index (χ3n) is 3.96. The van der Waals surface area contributed by atoms with Gasteiger partial charge in [0.2, 0.25) is 5.91 Å². The maximum atomic E-state index is 11.6. The number of benzene rings is 1. The van der Waals surface area contributed by atoms with Gasteiger partial charge in [-0.05, 0) is 37.1 Å². The number of hydrogen-bond donors (Lipinski definition) is 2. The third-order valence-corrected chi connectivity index (χ3v) is 5.03. The molecule has 146 valence electrons. The lowest BCUT2D eigenvalue weighted by Gasteiger charge is -2.20. The minimum absolute atomic E-state index is 0.228. The molecule has 1 aliphatic heterocycles. The Hall–Kier alpha value is -2.19. The van der Waals surface area contributed by atoms with Crippen LogP contribution in [0, 0.1) is 0 Å². The third kappa shape index (κ3) is 7.15. The zero-order valence-electron chi connectivity index (χ0n) is 15.7. The molecular weight excluding hydrogens is 364 g/mol. The van der Waals surface area contributed by atoms with Gasteiger partial charge in [0, 0.05) is 6.54 Å². The SMILES string of the molecule is CCCN(CCC)Cc1ccc(C=NN=C2NC(=O)C(CC(=O)O)S2)cc1. The first-order valence-electron chi connectivity index (χ1n) is 9.13. The number of carbonyl (C=O) groups is 2. The number of aliphatic carboxylic acids is 1. The van der Waals surface area contributed by atoms with Crippen LogP contribution >= 0.6 is 11.8 Å². The minimum atomic E-state index is -1.01. The van der Waals surface area contributed by atoms with Gasteiger partial charge in [0.25, 0.3) is 0 Å². The van der Waals surface area contributed by atoms with E-state index in [1.54, 1.807) is 6.21 Å². The van der Waals surface area contributed by atoms with E-state index in [2.05, 4.69) is 46.4 Å². The topological polar surface area (TPSA) is 94.4 Å². The zero-order valence-corrected chi connectivity index (χ0v) is 16.5. The number of hydrogen-bond acceptors (Lipinski definition) is 6. The number of carboxylic acid groups (broad SMARTS) is 1. The first-order chi connectivity index (χ1) is 13.0. The summed E-state index contributed by atoms with van der Waals surface area (Å²) in [6.45, 7) is 7.52. The predicted molar refractivity (Wildman–Crippen MR) is 109 cm³/mol. The number of nitrogens with zero attached hydrogens (tertiary/aromatic N) is 3. The van der Waals surface area contributed by atoms with E-state index in [-0.39, 0.29) is 12.3 Å². The predicted octanol–water partition coefficient (Wildman–Crippen LogP) is 2.70. The number of carbonyl (C=O) groups excluding carboxylic acids is 1. The molecule has 1 saturated heterocycles. The molecule has 1 atom stereocenters. The summed E-state index contributed by atoms with van der Waals surface area (Å²) in [6, 6.07) is 8.15. The fourth-order valence-corrected chi connectivity index (χ4v) is 3.68. The van der Waals surface area contributed by atoms with Gasteiger partial charge in [-0.2, -0.15) is 5.10 Å². The number of rotatable bonds is 10. The van der Waals surface area contributed by atoms with Gasteiger partial charge in [-0.15, -0.1) is 5.10 Å². The number of amides is 1. The van der Waals surface area contributed by atoms with Crippen molar-refractivity contribution in [3.63, 3.8) is 0 Å². The Balaban J connectivity index is 1.90. The Labute approximate surface area is 163 Å². The Morgan fingerprint density at radius 1 is 1.26 bits per heavy atom. The quantitative estimate of drug-likeness (QED) is 0.473. The van der Waals surface area contributed by atoms with Crippen molar-refractivity contribution in [2.45, 2.75) is 44.9 Å². The van der Waals surface area contributed by atoms with Crippen LogP contribution in [0.15, 0.2) is 34.5 Å². The highest BCUT2D eigenvalue weighted by Gasteiger charge is 2.32. The highest BCUT2D eigenvalue weighted by atomic mass is 32.2. The van der Waals surface area contributed by atoms with Crippen molar-refractivity contribution < 1.29 is 14.7 Å². The molecule has 0 radical (unpaired) electrons. The lowest BCUT2D eigenvalue weighted by molar-refractivity contribution is -0.138. The van der Waals surface area contributed by atoms with Crippen LogP contribution in [0.5, 0.6) is 0 Å². The summed E-state index contributed by atoms with van der Waals surface area (Å²) in [5.74, 6) is -1.35. The lowest BCUT2D eigenvalue weighted by Crippen LogP contribution is -2.26. The van der Waals surface area contributed by atoms with Crippen LogP contribution in [0.4, 0.5) is 0 Å². The molecule has 0 bridgehead atoms. The molecule has 1 unspecified atom stereocenters. The molecule has 0 aromatic heterocycles. The molecule has 0 spiro atoms. The van der Waals surface area contributed by atoms with Crippen LogP contribution in [0.25, 0.3) is 0 Å². The smallest absolute Gasteiger partial charge is 0.305 e.